The number of hydrogen-bond acceptors (Lipinski definition) is 3. The minimum Gasteiger partial charge on any atom is -0.392 e. The van der Waals surface area contributed by atoms with Gasteiger partial charge in [0.05, 0.1) is 11.5 Å². The van der Waals surface area contributed by atoms with Gasteiger partial charge in [-0.05, 0) is 30.5 Å². The largest absolute Gasteiger partial charge is 0.392 e. The summed E-state index contributed by atoms with van der Waals surface area (Å²) in [5.74, 6) is -0.390. The smallest absolute Gasteiger partial charge is 0.240 e. The maximum atomic E-state index is 13.5. The Labute approximate surface area is 107 Å². The van der Waals surface area contributed by atoms with Crippen molar-refractivity contribution < 1.29 is 17.9 Å². The highest BCUT2D eigenvalue weighted by Gasteiger charge is 2.18. The van der Waals surface area contributed by atoms with E-state index >= 15 is 0 Å². The van der Waals surface area contributed by atoms with Crippen molar-refractivity contribution >= 4 is 10.0 Å². The second-order valence-corrected chi connectivity index (χ2v) is 6.38. The van der Waals surface area contributed by atoms with Gasteiger partial charge in [-0.2, -0.15) is 0 Å². The molecule has 0 spiro atoms. The lowest BCUT2D eigenvalue weighted by Gasteiger charge is -2.11. The number of rotatable bonds is 5. The fraction of sp³-hybridized carbons (Fsp3) is 0.500. The van der Waals surface area contributed by atoms with E-state index in [4.69, 9.17) is 5.11 Å². The number of hydrogen-bond donors (Lipinski definition) is 2. The van der Waals surface area contributed by atoms with Crippen molar-refractivity contribution in [3.8, 4) is 0 Å². The minimum absolute atomic E-state index is 0.0140. The van der Waals surface area contributed by atoms with Crippen LogP contribution in [-0.4, -0.2) is 20.1 Å². The summed E-state index contributed by atoms with van der Waals surface area (Å²) in [5, 5.41) is 9.00. The Morgan fingerprint density at radius 2 is 2.00 bits per heavy atom. The zero-order chi connectivity index (χ0) is 13.9. The first-order chi connectivity index (χ1) is 8.27. The summed E-state index contributed by atoms with van der Waals surface area (Å²) in [6, 6.07) is 2.42. The fourth-order valence-electron chi connectivity index (χ4n) is 1.44. The maximum absolute atomic E-state index is 13.5. The van der Waals surface area contributed by atoms with Crippen molar-refractivity contribution in [2.45, 2.75) is 32.3 Å². The lowest BCUT2D eigenvalue weighted by Crippen LogP contribution is -2.27. The Morgan fingerprint density at radius 3 is 2.50 bits per heavy atom. The van der Waals surface area contributed by atoms with Gasteiger partial charge in [0.25, 0.3) is 0 Å². The van der Waals surface area contributed by atoms with Gasteiger partial charge in [-0.15, -0.1) is 0 Å². The summed E-state index contributed by atoms with van der Waals surface area (Å²) in [7, 11) is -3.65. The first-order valence-corrected chi connectivity index (χ1v) is 7.15. The lowest BCUT2D eigenvalue weighted by molar-refractivity contribution is 0.275. The number of aliphatic hydroxyl groups is 1. The van der Waals surface area contributed by atoms with E-state index < -0.39 is 22.4 Å². The average molecular weight is 275 g/mol. The van der Waals surface area contributed by atoms with Crippen LogP contribution in [0, 0.1) is 18.7 Å². The summed E-state index contributed by atoms with van der Waals surface area (Å²) in [5.41, 5.74) is 0.186. The van der Waals surface area contributed by atoms with Gasteiger partial charge in [0.2, 0.25) is 10.0 Å². The van der Waals surface area contributed by atoms with Crippen molar-refractivity contribution in [3.05, 3.63) is 29.1 Å². The van der Waals surface area contributed by atoms with E-state index in [9.17, 15) is 12.8 Å². The van der Waals surface area contributed by atoms with Crippen LogP contribution in [0.1, 0.15) is 25.0 Å². The van der Waals surface area contributed by atoms with E-state index in [-0.39, 0.29) is 21.9 Å². The standard InChI is InChI=1S/C12H18FNO3S/c1-8(2)6-14-18(16,17)11-4-9(3)12(13)10(5-11)7-15/h4-5,8,14-15H,6-7H2,1-3H3. The molecule has 1 rings (SSSR count). The number of halogens is 1. The molecule has 0 atom stereocenters. The zero-order valence-electron chi connectivity index (χ0n) is 10.7. The van der Waals surface area contributed by atoms with E-state index in [1.807, 2.05) is 13.8 Å². The maximum Gasteiger partial charge on any atom is 0.240 e. The van der Waals surface area contributed by atoms with E-state index in [2.05, 4.69) is 4.72 Å². The van der Waals surface area contributed by atoms with Crippen LogP contribution in [0.25, 0.3) is 0 Å². The molecule has 0 fully saturated rings. The highest BCUT2D eigenvalue weighted by Crippen LogP contribution is 2.19. The monoisotopic (exact) mass is 275 g/mol. The van der Waals surface area contributed by atoms with Gasteiger partial charge in [0.15, 0.2) is 0 Å². The SMILES string of the molecule is Cc1cc(S(=O)(=O)NCC(C)C)cc(CO)c1F. The predicted octanol–water partition coefficient (Wildman–Crippen LogP) is 1.56. The second kappa shape index (κ2) is 5.77. The predicted molar refractivity (Wildman–Crippen MR) is 67.1 cm³/mol. The normalized spacial score (nSPS) is 12.1. The molecule has 0 saturated heterocycles. The van der Waals surface area contributed by atoms with E-state index in [1.165, 1.54) is 13.0 Å². The molecule has 0 bridgehead atoms. The molecule has 0 aliphatic heterocycles. The van der Waals surface area contributed by atoms with Gasteiger partial charge in [0, 0.05) is 12.1 Å². The first kappa shape index (κ1) is 15.1. The molecule has 2 N–H and O–H groups in total. The van der Waals surface area contributed by atoms with Gasteiger partial charge in [-0.1, -0.05) is 13.8 Å². The number of aryl methyl sites for hydroxylation is 1. The summed E-state index contributed by atoms with van der Waals surface area (Å²) in [6.07, 6.45) is 0. The third-order valence-electron chi connectivity index (χ3n) is 2.47. The second-order valence-electron chi connectivity index (χ2n) is 4.62. The first-order valence-electron chi connectivity index (χ1n) is 5.67. The minimum atomic E-state index is -3.65. The van der Waals surface area contributed by atoms with Gasteiger partial charge < -0.3 is 5.11 Å². The zero-order valence-corrected chi connectivity index (χ0v) is 11.5. The average Bonchev–Trinajstić information content (AvgIpc) is 2.30. The molecule has 1 aromatic carbocycles. The third kappa shape index (κ3) is 3.51. The van der Waals surface area contributed by atoms with Crippen LogP contribution in [0.4, 0.5) is 4.39 Å². The Morgan fingerprint density at radius 1 is 1.39 bits per heavy atom. The van der Waals surface area contributed by atoms with Crippen LogP contribution in [0.2, 0.25) is 0 Å². The Hall–Kier alpha value is -0.980. The van der Waals surface area contributed by atoms with E-state index in [1.54, 1.807) is 0 Å². The van der Waals surface area contributed by atoms with E-state index in [0.717, 1.165) is 6.07 Å². The van der Waals surface area contributed by atoms with Crippen molar-refractivity contribution in [3.63, 3.8) is 0 Å². The molecule has 0 aliphatic carbocycles. The van der Waals surface area contributed by atoms with Crippen molar-refractivity contribution in [2.75, 3.05) is 6.54 Å². The topological polar surface area (TPSA) is 66.4 Å². The van der Waals surface area contributed by atoms with Gasteiger partial charge in [-0.25, -0.2) is 17.5 Å². The Balaban J connectivity index is 3.13. The summed E-state index contributed by atoms with van der Waals surface area (Å²) >= 11 is 0. The number of sulfonamides is 1. The van der Waals surface area contributed by atoms with Gasteiger partial charge in [-0.3, -0.25) is 0 Å². The Kier molecular flexibility index (Phi) is 4.84. The molecule has 1 aromatic rings. The molecular weight excluding hydrogens is 257 g/mol. The molecule has 0 unspecified atom stereocenters. The number of nitrogens with one attached hydrogen (secondary N) is 1. The lowest BCUT2D eigenvalue weighted by atomic mass is 10.1. The molecular formula is C12H18FNO3S. The molecule has 0 aromatic heterocycles. The molecule has 0 aliphatic rings. The highest BCUT2D eigenvalue weighted by atomic mass is 32.2. The molecule has 0 heterocycles. The molecule has 0 amide bonds. The molecule has 18 heavy (non-hydrogen) atoms. The van der Waals surface area contributed by atoms with Crippen LogP contribution in [-0.2, 0) is 16.6 Å². The van der Waals surface area contributed by atoms with Gasteiger partial charge in [0.1, 0.15) is 5.82 Å². The van der Waals surface area contributed by atoms with Crippen LogP contribution < -0.4 is 4.72 Å². The van der Waals surface area contributed by atoms with Crippen LogP contribution >= 0.6 is 0 Å². The van der Waals surface area contributed by atoms with Crippen LogP contribution in [0.5, 0.6) is 0 Å². The summed E-state index contributed by atoms with van der Waals surface area (Å²) < 4.78 is 39.9. The molecule has 4 nitrogen and oxygen atoms in total. The van der Waals surface area contributed by atoms with Crippen molar-refractivity contribution in [1.29, 1.82) is 0 Å². The van der Waals surface area contributed by atoms with Crippen molar-refractivity contribution in [2.24, 2.45) is 5.92 Å². The fourth-order valence-corrected chi connectivity index (χ4v) is 2.79. The molecule has 102 valence electrons. The summed E-state index contributed by atoms with van der Waals surface area (Å²) in [6.45, 7) is 5.03. The van der Waals surface area contributed by atoms with Crippen molar-refractivity contribution in [1.82, 2.24) is 4.72 Å². The highest BCUT2D eigenvalue weighted by molar-refractivity contribution is 7.89. The Bertz CT molecular complexity index is 526. The quantitative estimate of drug-likeness (QED) is 0.857. The van der Waals surface area contributed by atoms with Gasteiger partial charge >= 0.3 is 0 Å². The van der Waals surface area contributed by atoms with E-state index in [0.29, 0.717) is 6.54 Å². The third-order valence-corrected chi connectivity index (χ3v) is 3.87. The van der Waals surface area contributed by atoms with Crippen LogP contribution in [0.15, 0.2) is 17.0 Å². The molecule has 6 heteroatoms. The van der Waals surface area contributed by atoms with Crippen LogP contribution in [0.3, 0.4) is 0 Å². The summed E-state index contributed by atoms with van der Waals surface area (Å²) in [4.78, 5) is -0.0221. The molecule has 0 saturated carbocycles. The number of benzene rings is 1. The number of aliphatic hydroxyl groups excluding tert-OH is 1. The molecule has 0 radical (unpaired) electrons.